The summed E-state index contributed by atoms with van der Waals surface area (Å²) < 4.78 is 13.4. The van der Waals surface area contributed by atoms with Gasteiger partial charge in [0.25, 0.3) is 0 Å². The van der Waals surface area contributed by atoms with Gasteiger partial charge in [0.1, 0.15) is 5.82 Å². The SMILES string of the molecule is NC(Cc1cc(Cl)ccc1F)C1CCC1. The van der Waals surface area contributed by atoms with Crippen molar-refractivity contribution in [2.75, 3.05) is 0 Å². The van der Waals surface area contributed by atoms with Crippen LogP contribution in [0.4, 0.5) is 4.39 Å². The Balaban J connectivity index is 2.05. The van der Waals surface area contributed by atoms with Crippen LogP contribution in [0.5, 0.6) is 0 Å². The summed E-state index contributed by atoms with van der Waals surface area (Å²) >= 11 is 5.82. The average Bonchev–Trinajstić information content (AvgIpc) is 2.08. The van der Waals surface area contributed by atoms with E-state index in [9.17, 15) is 4.39 Å². The Labute approximate surface area is 94.4 Å². The monoisotopic (exact) mass is 227 g/mol. The van der Waals surface area contributed by atoms with Gasteiger partial charge in [0.05, 0.1) is 0 Å². The van der Waals surface area contributed by atoms with Gasteiger partial charge >= 0.3 is 0 Å². The smallest absolute Gasteiger partial charge is 0.126 e. The fourth-order valence-electron chi connectivity index (χ4n) is 1.99. The molecule has 0 bridgehead atoms. The second-order valence-corrected chi connectivity index (χ2v) is 4.73. The van der Waals surface area contributed by atoms with Crippen molar-refractivity contribution in [2.24, 2.45) is 11.7 Å². The molecule has 0 spiro atoms. The van der Waals surface area contributed by atoms with Crippen LogP contribution in [0.2, 0.25) is 5.02 Å². The molecular formula is C12H15ClFN. The third kappa shape index (κ3) is 2.50. The molecule has 0 aromatic heterocycles. The van der Waals surface area contributed by atoms with Gasteiger partial charge in [-0.3, -0.25) is 0 Å². The van der Waals surface area contributed by atoms with Crippen molar-refractivity contribution in [2.45, 2.75) is 31.7 Å². The lowest BCUT2D eigenvalue weighted by atomic mass is 9.78. The molecule has 1 aromatic rings. The first-order valence-electron chi connectivity index (χ1n) is 5.36. The lowest BCUT2D eigenvalue weighted by molar-refractivity contribution is 0.259. The van der Waals surface area contributed by atoms with E-state index in [1.807, 2.05) is 0 Å². The Morgan fingerprint density at radius 3 is 2.80 bits per heavy atom. The summed E-state index contributed by atoms with van der Waals surface area (Å²) in [5.41, 5.74) is 6.66. The van der Waals surface area contributed by atoms with Gasteiger partial charge in [-0.2, -0.15) is 0 Å². The van der Waals surface area contributed by atoms with Crippen LogP contribution in [-0.4, -0.2) is 6.04 Å². The fourth-order valence-corrected chi connectivity index (χ4v) is 2.18. The second-order valence-electron chi connectivity index (χ2n) is 4.29. The highest BCUT2D eigenvalue weighted by Gasteiger charge is 2.25. The number of hydrogen-bond acceptors (Lipinski definition) is 1. The maximum absolute atomic E-state index is 13.4. The summed E-state index contributed by atoms with van der Waals surface area (Å²) in [5, 5.41) is 0.576. The standard InChI is InChI=1S/C12H15ClFN/c13-10-4-5-11(14)9(6-10)7-12(15)8-2-1-3-8/h4-6,8,12H,1-3,7,15H2. The van der Waals surface area contributed by atoms with Crippen molar-refractivity contribution in [1.29, 1.82) is 0 Å². The quantitative estimate of drug-likeness (QED) is 0.844. The van der Waals surface area contributed by atoms with E-state index < -0.39 is 0 Å². The van der Waals surface area contributed by atoms with Crippen LogP contribution in [0.1, 0.15) is 24.8 Å². The molecule has 15 heavy (non-hydrogen) atoms. The first-order chi connectivity index (χ1) is 7.16. The van der Waals surface area contributed by atoms with Crippen LogP contribution in [0.15, 0.2) is 18.2 Å². The van der Waals surface area contributed by atoms with E-state index in [4.69, 9.17) is 17.3 Å². The molecule has 0 amide bonds. The van der Waals surface area contributed by atoms with Gasteiger partial charge in [-0.15, -0.1) is 0 Å². The third-order valence-corrected chi connectivity index (χ3v) is 3.45. The number of benzene rings is 1. The summed E-state index contributed by atoms with van der Waals surface area (Å²) in [5.74, 6) is 0.373. The average molecular weight is 228 g/mol. The summed E-state index contributed by atoms with van der Waals surface area (Å²) in [6, 6.07) is 4.72. The molecular weight excluding hydrogens is 213 g/mol. The zero-order valence-corrected chi connectivity index (χ0v) is 9.30. The molecule has 1 unspecified atom stereocenters. The first-order valence-corrected chi connectivity index (χ1v) is 5.74. The second kappa shape index (κ2) is 4.50. The first kappa shape index (κ1) is 10.9. The molecule has 0 radical (unpaired) electrons. The molecule has 0 saturated heterocycles. The molecule has 2 rings (SSSR count). The number of hydrogen-bond donors (Lipinski definition) is 1. The van der Waals surface area contributed by atoms with Crippen molar-refractivity contribution in [3.63, 3.8) is 0 Å². The molecule has 1 aromatic carbocycles. The van der Waals surface area contributed by atoms with E-state index in [1.54, 1.807) is 12.1 Å². The van der Waals surface area contributed by atoms with Crippen LogP contribution in [0.3, 0.4) is 0 Å². The maximum Gasteiger partial charge on any atom is 0.126 e. The molecule has 3 heteroatoms. The molecule has 1 atom stereocenters. The van der Waals surface area contributed by atoms with Gasteiger partial charge in [0.2, 0.25) is 0 Å². The normalized spacial score (nSPS) is 18.6. The highest BCUT2D eigenvalue weighted by atomic mass is 35.5. The number of nitrogens with two attached hydrogens (primary N) is 1. The van der Waals surface area contributed by atoms with E-state index in [0.717, 1.165) is 0 Å². The molecule has 0 heterocycles. The topological polar surface area (TPSA) is 26.0 Å². The van der Waals surface area contributed by atoms with E-state index in [0.29, 0.717) is 22.9 Å². The van der Waals surface area contributed by atoms with E-state index in [1.165, 1.54) is 25.3 Å². The Morgan fingerprint density at radius 1 is 1.47 bits per heavy atom. The Bertz CT molecular complexity index is 349. The van der Waals surface area contributed by atoms with Crippen molar-refractivity contribution >= 4 is 11.6 Å². The highest BCUT2D eigenvalue weighted by molar-refractivity contribution is 6.30. The van der Waals surface area contributed by atoms with Gasteiger partial charge in [-0.25, -0.2) is 4.39 Å². The van der Waals surface area contributed by atoms with E-state index in [-0.39, 0.29) is 11.9 Å². The van der Waals surface area contributed by atoms with Crippen molar-refractivity contribution < 1.29 is 4.39 Å². The largest absolute Gasteiger partial charge is 0.327 e. The minimum absolute atomic E-state index is 0.0757. The predicted molar refractivity (Wildman–Crippen MR) is 60.4 cm³/mol. The van der Waals surface area contributed by atoms with Gasteiger partial charge < -0.3 is 5.73 Å². The molecule has 1 aliphatic rings. The Morgan fingerprint density at radius 2 is 2.20 bits per heavy atom. The summed E-state index contributed by atoms with van der Waals surface area (Å²) in [6.07, 6.45) is 4.22. The van der Waals surface area contributed by atoms with Gasteiger partial charge in [0, 0.05) is 11.1 Å². The molecule has 1 nitrogen and oxygen atoms in total. The Kier molecular flexibility index (Phi) is 3.27. The van der Waals surface area contributed by atoms with E-state index >= 15 is 0 Å². The van der Waals surface area contributed by atoms with E-state index in [2.05, 4.69) is 0 Å². The molecule has 82 valence electrons. The predicted octanol–water partition coefficient (Wildman–Crippen LogP) is 3.15. The molecule has 1 aliphatic carbocycles. The molecule has 1 saturated carbocycles. The summed E-state index contributed by atoms with van der Waals surface area (Å²) in [7, 11) is 0. The molecule has 1 fully saturated rings. The lowest BCUT2D eigenvalue weighted by Gasteiger charge is -2.31. The molecule has 0 aliphatic heterocycles. The van der Waals surface area contributed by atoms with Gasteiger partial charge in [0.15, 0.2) is 0 Å². The van der Waals surface area contributed by atoms with Crippen LogP contribution in [-0.2, 0) is 6.42 Å². The van der Waals surface area contributed by atoms with Crippen LogP contribution in [0, 0.1) is 11.7 Å². The van der Waals surface area contributed by atoms with Crippen molar-refractivity contribution in [3.05, 3.63) is 34.6 Å². The Hall–Kier alpha value is -0.600. The summed E-state index contributed by atoms with van der Waals surface area (Å²) in [4.78, 5) is 0. The number of halogens is 2. The van der Waals surface area contributed by atoms with Crippen LogP contribution < -0.4 is 5.73 Å². The zero-order valence-electron chi connectivity index (χ0n) is 8.55. The third-order valence-electron chi connectivity index (χ3n) is 3.22. The molecule has 2 N–H and O–H groups in total. The van der Waals surface area contributed by atoms with Crippen molar-refractivity contribution in [1.82, 2.24) is 0 Å². The lowest BCUT2D eigenvalue weighted by Crippen LogP contribution is -2.36. The minimum Gasteiger partial charge on any atom is -0.327 e. The maximum atomic E-state index is 13.4. The minimum atomic E-state index is -0.200. The fraction of sp³-hybridized carbons (Fsp3) is 0.500. The van der Waals surface area contributed by atoms with Gasteiger partial charge in [-0.1, -0.05) is 18.0 Å². The van der Waals surface area contributed by atoms with Crippen molar-refractivity contribution in [3.8, 4) is 0 Å². The van der Waals surface area contributed by atoms with Crippen LogP contribution in [0.25, 0.3) is 0 Å². The van der Waals surface area contributed by atoms with Gasteiger partial charge in [-0.05, 0) is 48.9 Å². The number of rotatable bonds is 3. The zero-order chi connectivity index (χ0) is 10.8. The summed E-state index contributed by atoms with van der Waals surface area (Å²) in [6.45, 7) is 0. The highest BCUT2D eigenvalue weighted by Crippen LogP contribution is 2.30. The van der Waals surface area contributed by atoms with Crippen LogP contribution >= 0.6 is 11.6 Å².